The zero-order chi connectivity index (χ0) is 23.3. The molecular formula is C22H23ClF3N3O3. The molecule has 10 heteroatoms. The summed E-state index contributed by atoms with van der Waals surface area (Å²) in [5.41, 5.74) is 1.70. The quantitative estimate of drug-likeness (QED) is 0.574. The number of rotatable bonds is 6. The van der Waals surface area contributed by atoms with Gasteiger partial charge in [0.25, 0.3) is 5.91 Å². The molecule has 1 aromatic heterocycles. The fourth-order valence-corrected chi connectivity index (χ4v) is 3.49. The topological polar surface area (TPSA) is 72.8 Å². The average Bonchev–Trinajstić information content (AvgIpc) is 2.75. The molecule has 6 nitrogen and oxygen atoms in total. The van der Waals surface area contributed by atoms with Gasteiger partial charge in [-0.15, -0.1) is 0 Å². The third kappa shape index (κ3) is 5.91. The first-order valence-corrected chi connectivity index (χ1v) is 10.5. The van der Waals surface area contributed by atoms with Gasteiger partial charge < -0.3 is 14.9 Å². The van der Waals surface area contributed by atoms with E-state index in [1.165, 1.54) is 19.4 Å². The third-order valence-corrected chi connectivity index (χ3v) is 5.36. The molecule has 0 bridgehead atoms. The molecule has 1 saturated carbocycles. The number of amides is 1. The molecule has 0 saturated heterocycles. The van der Waals surface area contributed by atoms with Crippen molar-refractivity contribution >= 4 is 23.2 Å². The van der Waals surface area contributed by atoms with Gasteiger partial charge in [-0.2, -0.15) is 13.2 Å². The summed E-state index contributed by atoms with van der Waals surface area (Å²) in [6.07, 6.45) is -2.11. The van der Waals surface area contributed by atoms with Crippen molar-refractivity contribution in [3.63, 3.8) is 0 Å². The Bertz CT molecular complexity index is 981. The monoisotopic (exact) mass is 469 g/mol. The Hall–Kier alpha value is -2.81. The highest BCUT2D eigenvalue weighted by Gasteiger charge is 2.38. The molecule has 2 unspecified atom stereocenters. The molecule has 0 spiro atoms. The first-order valence-electron chi connectivity index (χ1n) is 10.1. The lowest BCUT2D eigenvalue weighted by molar-refractivity contribution is -0.189. The van der Waals surface area contributed by atoms with E-state index in [2.05, 4.69) is 15.5 Å². The fraction of sp³-hybridized carbons (Fsp3) is 0.409. The highest BCUT2D eigenvalue weighted by molar-refractivity contribution is 6.30. The van der Waals surface area contributed by atoms with Crippen molar-refractivity contribution in [3.05, 3.63) is 47.1 Å². The van der Waals surface area contributed by atoms with Gasteiger partial charge in [-0.25, -0.2) is 4.98 Å². The zero-order valence-electron chi connectivity index (χ0n) is 17.6. The van der Waals surface area contributed by atoms with E-state index in [9.17, 15) is 18.0 Å². The van der Waals surface area contributed by atoms with Gasteiger partial charge in [0.05, 0.1) is 17.3 Å². The maximum Gasteiger partial charge on any atom is 0.425 e. The van der Waals surface area contributed by atoms with Crippen LogP contribution in [-0.4, -0.2) is 42.0 Å². The number of alkyl halides is 3. The molecule has 1 N–H and O–H groups in total. The van der Waals surface area contributed by atoms with Crippen LogP contribution in [0.3, 0.4) is 0 Å². The van der Waals surface area contributed by atoms with Gasteiger partial charge in [-0.1, -0.05) is 35.3 Å². The molecule has 1 aromatic carbocycles. The molecular weight excluding hydrogens is 447 g/mol. The van der Waals surface area contributed by atoms with Gasteiger partial charge in [0.15, 0.2) is 6.10 Å². The fourth-order valence-electron chi connectivity index (χ4n) is 3.36. The second-order valence-corrected chi connectivity index (χ2v) is 7.86. The van der Waals surface area contributed by atoms with E-state index in [0.717, 1.165) is 38.3 Å². The maximum atomic E-state index is 13.0. The average molecular weight is 470 g/mol. The molecule has 3 rings (SSSR count). The van der Waals surface area contributed by atoms with Crippen LogP contribution in [0.5, 0.6) is 5.88 Å². The molecule has 0 aliphatic heterocycles. The van der Waals surface area contributed by atoms with Crippen LogP contribution < -0.4 is 10.1 Å². The summed E-state index contributed by atoms with van der Waals surface area (Å²) in [5, 5.41) is 7.37. The Kier molecular flexibility index (Phi) is 7.60. The molecule has 2 atom stereocenters. The summed E-state index contributed by atoms with van der Waals surface area (Å²) in [6, 6.07) is 7.61. The summed E-state index contributed by atoms with van der Waals surface area (Å²) >= 11 is 5.93. The molecule has 32 heavy (non-hydrogen) atoms. The summed E-state index contributed by atoms with van der Waals surface area (Å²) in [7, 11) is 1.45. The van der Waals surface area contributed by atoms with Crippen molar-refractivity contribution in [2.45, 2.75) is 50.9 Å². The number of aromatic nitrogens is 1. The Morgan fingerprint density at radius 2 is 2.00 bits per heavy atom. The Morgan fingerprint density at radius 3 is 2.66 bits per heavy atom. The third-order valence-electron chi connectivity index (χ3n) is 5.11. The van der Waals surface area contributed by atoms with E-state index in [1.54, 1.807) is 24.3 Å². The minimum absolute atomic E-state index is 0.185. The van der Waals surface area contributed by atoms with Gasteiger partial charge in [-0.3, -0.25) is 4.79 Å². The second-order valence-electron chi connectivity index (χ2n) is 7.42. The SMILES string of the molecule is CO/N=C1/CCCCC1NC(=O)c1cnc(OC(C)C(F)(F)F)c(-c2ccc(Cl)cc2)c1. The van der Waals surface area contributed by atoms with E-state index >= 15 is 0 Å². The minimum atomic E-state index is -4.56. The van der Waals surface area contributed by atoms with Gasteiger partial charge in [0.2, 0.25) is 5.88 Å². The van der Waals surface area contributed by atoms with Crippen molar-refractivity contribution < 1.29 is 27.5 Å². The first kappa shape index (κ1) is 23.8. The van der Waals surface area contributed by atoms with E-state index < -0.39 is 18.2 Å². The molecule has 172 valence electrons. The highest BCUT2D eigenvalue weighted by Crippen LogP contribution is 2.33. The van der Waals surface area contributed by atoms with Crippen LogP contribution in [0.2, 0.25) is 5.02 Å². The standard InChI is InChI=1S/C22H23ClF3N3O3/c1-13(22(24,25)26)32-21-17(14-7-9-16(23)10-8-14)11-15(12-27-21)20(30)28-18-5-3-4-6-19(18)29-31-2/h7-13,18H,3-6H2,1-2H3,(H,28,30)/b29-19-. The predicted molar refractivity (Wildman–Crippen MR) is 115 cm³/mol. The van der Waals surface area contributed by atoms with Crippen LogP contribution in [0.15, 0.2) is 41.7 Å². The van der Waals surface area contributed by atoms with Crippen molar-refractivity contribution in [2.75, 3.05) is 7.11 Å². The lowest BCUT2D eigenvalue weighted by Crippen LogP contribution is -2.42. The van der Waals surface area contributed by atoms with Crippen LogP contribution in [0.1, 0.15) is 43.0 Å². The minimum Gasteiger partial charge on any atom is -0.465 e. The van der Waals surface area contributed by atoms with Crippen molar-refractivity contribution in [1.29, 1.82) is 0 Å². The van der Waals surface area contributed by atoms with Crippen LogP contribution in [0, 0.1) is 0 Å². The number of hydrogen-bond donors (Lipinski definition) is 1. The number of benzene rings is 1. The predicted octanol–water partition coefficient (Wildman–Crippen LogP) is 5.41. The molecule has 1 fully saturated rings. The largest absolute Gasteiger partial charge is 0.465 e. The molecule has 1 aliphatic carbocycles. The number of pyridine rings is 1. The maximum absolute atomic E-state index is 13.0. The number of halogens is 4. The van der Waals surface area contributed by atoms with Crippen LogP contribution in [0.4, 0.5) is 13.2 Å². The van der Waals surface area contributed by atoms with Crippen molar-refractivity contribution in [2.24, 2.45) is 5.16 Å². The molecule has 1 heterocycles. The summed E-state index contributed by atoms with van der Waals surface area (Å²) in [5.74, 6) is -0.646. The van der Waals surface area contributed by atoms with Crippen LogP contribution in [-0.2, 0) is 4.84 Å². The van der Waals surface area contributed by atoms with Gasteiger partial charge >= 0.3 is 6.18 Å². The number of carbonyl (C=O) groups excluding carboxylic acids is 1. The van der Waals surface area contributed by atoms with Gasteiger partial charge in [0, 0.05) is 16.8 Å². The number of ether oxygens (including phenoxy) is 1. The summed E-state index contributed by atoms with van der Waals surface area (Å²) < 4.78 is 44.2. The Balaban J connectivity index is 1.91. The first-order chi connectivity index (χ1) is 15.2. The smallest absolute Gasteiger partial charge is 0.425 e. The zero-order valence-corrected chi connectivity index (χ0v) is 18.3. The van der Waals surface area contributed by atoms with E-state index in [0.29, 0.717) is 10.6 Å². The molecule has 2 aromatic rings. The van der Waals surface area contributed by atoms with Crippen LogP contribution >= 0.6 is 11.6 Å². The number of nitrogens with zero attached hydrogens (tertiary/aromatic N) is 2. The van der Waals surface area contributed by atoms with E-state index in [4.69, 9.17) is 21.2 Å². The van der Waals surface area contributed by atoms with E-state index in [-0.39, 0.29) is 23.0 Å². The second kappa shape index (κ2) is 10.2. The highest BCUT2D eigenvalue weighted by atomic mass is 35.5. The normalized spacial score (nSPS) is 18.8. The van der Waals surface area contributed by atoms with Crippen molar-refractivity contribution in [3.8, 4) is 17.0 Å². The number of carbonyl (C=O) groups is 1. The summed E-state index contributed by atoms with van der Waals surface area (Å²) in [6.45, 7) is 0.897. The number of nitrogens with one attached hydrogen (secondary N) is 1. The molecule has 1 amide bonds. The number of hydrogen-bond acceptors (Lipinski definition) is 5. The van der Waals surface area contributed by atoms with Gasteiger partial charge in [-0.05, 0) is 49.9 Å². The van der Waals surface area contributed by atoms with Crippen LogP contribution in [0.25, 0.3) is 11.1 Å². The molecule has 0 radical (unpaired) electrons. The molecule has 1 aliphatic rings. The Morgan fingerprint density at radius 1 is 1.28 bits per heavy atom. The van der Waals surface area contributed by atoms with Crippen molar-refractivity contribution in [1.82, 2.24) is 10.3 Å². The Labute approximate surface area is 188 Å². The lowest BCUT2D eigenvalue weighted by atomic mass is 9.93. The summed E-state index contributed by atoms with van der Waals surface area (Å²) in [4.78, 5) is 21.8. The lowest BCUT2D eigenvalue weighted by Gasteiger charge is -2.24. The number of oxime groups is 1. The van der Waals surface area contributed by atoms with E-state index in [1.807, 2.05) is 0 Å². The van der Waals surface area contributed by atoms with Gasteiger partial charge in [0.1, 0.15) is 7.11 Å².